The van der Waals surface area contributed by atoms with Crippen LogP contribution in [0, 0.1) is 0 Å². The molecule has 0 aromatic heterocycles. The molecule has 1 aromatic rings. The van der Waals surface area contributed by atoms with E-state index in [0.29, 0.717) is 18.4 Å². The first-order chi connectivity index (χ1) is 9.86. The van der Waals surface area contributed by atoms with Crippen LogP contribution in [0.25, 0.3) is 0 Å². The first kappa shape index (κ1) is 15.8. The lowest BCUT2D eigenvalue weighted by molar-refractivity contribution is -0.181. The van der Waals surface area contributed by atoms with Crippen LogP contribution >= 0.6 is 0 Å². The van der Waals surface area contributed by atoms with Gasteiger partial charge in [-0.2, -0.15) is 8.78 Å². The third kappa shape index (κ3) is 3.54. The quantitative estimate of drug-likeness (QED) is 0.735. The molecule has 1 aliphatic carbocycles. The largest absolute Gasteiger partial charge is 0.383 e. The molecule has 0 radical (unpaired) electrons. The second-order valence-corrected chi connectivity index (χ2v) is 5.26. The number of hydrogen-bond donors (Lipinski definition) is 0. The molecule has 21 heavy (non-hydrogen) atoms. The number of rotatable bonds is 6. The summed E-state index contributed by atoms with van der Waals surface area (Å²) < 4.78 is 51.2. The summed E-state index contributed by atoms with van der Waals surface area (Å²) in [7, 11) is 0. The van der Waals surface area contributed by atoms with E-state index in [1.807, 2.05) is 19.1 Å². The van der Waals surface area contributed by atoms with E-state index in [0.717, 1.165) is 16.9 Å². The van der Waals surface area contributed by atoms with Gasteiger partial charge in [0.2, 0.25) is 0 Å². The number of benzene rings is 1. The van der Waals surface area contributed by atoms with Crippen molar-refractivity contribution in [3.63, 3.8) is 0 Å². The third-order valence-electron chi connectivity index (χ3n) is 3.59. The summed E-state index contributed by atoms with van der Waals surface area (Å²) in [5.74, 6) is -6.40. The minimum atomic E-state index is -4.62. The molecule has 0 unspecified atom stereocenters. The van der Waals surface area contributed by atoms with E-state index in [9.17, 15) is 22.4 Å². The van der Waals surface area contributed by atoms with Gasteiger partial charge in [-0.25, -0.2) is 8.78 Å². The van der Waals surface area contributed by atoms with Crippen molar-refractivity contribution in [3.05, 3.63) is 35.4 Å². The molecule has 0 aliphatic heterocycles. The van der Waals surface area contributed by atoms with E-state index in [1.165, 1.54) is 0 Å². The third-order valence-corrected chi connectivity index (χ3v) is 3.59. The Morgan fingerprint density at radius 3 is 2.19 bits per heavy atom. The highest BCUT2D eigenvalue weighted by atomic mass is 19.3. The van der Waals surface area contributed by atoms with Crippen LogP contribution < -0.4 is 0 Å². The highest BCUT2D eigenvalue weighted by Crippen LogP contribution is 2.34. The molecule has 2 nitrogen and oxygen atoms in total. The minimum absolute atomic E-state index is 0.0597. The van der Waals surface area contributed by atoms with Crippen LogP contribution in [-0.2, 0) is 17.8 Å². The van der Waals surface area contributed by atoms with Gasteiger partial charge in [-0.15, -0.1) is 0 Å². The summed E-state index contributed by atoms with van der Waals surface area (Å²) in [6.07, 6.45) is -1.97. The lowest BCUT2D eigenvalue weighted by Crippen LogP contribution is -2.48. The molecule has 1 aromatic carbocycles. The van der Waals surface area contributed by atoms with Crippen molar-refractivity contribution in [3.8, 4) is 0 Å². The normalized spacial score (nSPS) is 15.3. The molecule has 1 aliphatic rings. The Morgan fingerprint density at radius 1 is 1.24 bits per heavy atom. The predicted molar refractivity (Wildman–Crippen MR) is 70.3 cm³/mol. The Balaban J connectivity index is 2.14. The maximum atomic E-state index is 13.3. The molecule has 0 heterocycles. The van der Waals surface area contributed by atoms with Crippen molar-refractivity contribution in [1.29, 1.82) is 0 Å². The van der Waals surface area contributed by atoms with Crippen molar-refractivity contribution < 1.29 is 22.4 Å². The highest BCUT2D eigenvalue weighted by Gasteiger charge is 2.53. The average molecular weight is 303 g/mol. The van der Waals surface area contributed by atoms with Gasteiger partial charge in [-0.1, -0.05) is 31.2 Å². The van der Waals surface area contributed by atoms with Gasteiger partial charge in [-0.05, 0) is 30.4 Å². The molecule has 0 bridgehead atoms. The van der Waals surface area contributed by atoms with E-state index in [2.05, 4.69) is 0 Å². The summed E-state index contributed by atoms with van der Waals surface area (Å²) in [5.41, 5.74) is 1.75. The zero-order chi connectivity index (χ0) is 15.6. The number of halogens is 4. The smallest absolute Gasteiger partial charge is 0.330 e. The van der Waals surface area contributed by atoms with Crippen LogP contribution in [-0.4, -0.2) is 29.2 Å². The predicted octanol–water partition coefficient (Wildman–Crippen LogP) is 3.64. The number of carbonyl (C=O) groups excluding carboxylic acids is 1. The zero-order valence-electron chi connectivity index (χ0n) is 11.7. The van der Waals surface area contributed by atoms with Crippen molar-refractivity contribution in [1.82, 2.24) is 4.90 Å². The van der Waals surface area contributed by atoms with Gasteiger partial charge in [0, 0.05) is 12.6 Å². The van der Waals surface area contributed by atoms with Crippen molar-refractivity contribution in [2.45, 2.75) is 51.1 Å². The van der Waals surface area contributed by atoms with Crippen LogP contribution in [0.1, 0.15) is 30.9 Å². The number of carbonyl (C=O) groups is 1. The van der Waals surface area contributed by atoms with Crippen LogP contribution in [0.15, 0.2) is 24.3 Å². The number of alkyl halides is 4. The number of aryl methyl sites for hydroxylation is 1. The molecular formula is C15H17F4NO. The van der Waals surface area contributed by atoms with E-state index in [4.69, 9.17) is 0 Å². The summed E-state index contributed by atoms with van der Waals surface area (Å²) in [4.78, 5) is 12.6. The van der Waals surface area contributed by atoms with E-state index in [1.54, 1.807) is 12.1 Å². The monoisotopic (exact) mass is 303 g/mol. The number of amides is 1. The molecule has 6 heteroatoms. The van der Waals surface area contributed by atoms with Crippen LogP contribution in [0.4, 0.5) is 17.6 Å². The fraction of sp³-hybridized carbons (Fsp3) is 0.533. The van der Waals surface area contributed by atoms with E-state index in [-0.39, 0.29) is 12.6 Å². The molecule has 1 amide bonds. The minimum Gasteiger partial charge on any atom is -0.330 e. The van der Waals surface area contributed by atoms with E-state index >= 15 is 0 Å². The van der Waals surface area contributed by atoms with Crippen molar-refractivity contribution in [2.24, 2.45) is 0 Å². The molecule has 2 rings (SSSR count). The van der Waals surface area contributed by atoms with Crippen LogP contribution in [0.5, 0.6) is 0 Å². The van der Waals surface area contributed by atoms with Gasteiger partial charge in [0.05, 0.1) is 0 Å². The molecule has 0 N–H and O–H groups in total. The zero-order valence-corrected chi connectivity index (χ0v) is 11.7. The number of nitrogens with zero attached hydrogens (tertiary/aromatic N) is 1. The maximum absolute atomic E-state index is 13.3. The first-order valence-corrected chi connectivity index (χ1v) is 6.91. The average Bonchev–Trinajstić information content (AvgIpc) is 3.29. The highest BCUT2D eigenvalue weighted by molar-refractivity contribution is 5.84. The first-order valence-electron chi connectivity index (χ1n) is 6.91. The lowest BCUT2D eigenvalue weighted by Gasteiger charge is -2.26. The van der Waals surface area contributed by atoms with Crippen LogP contribution in [0.3, 0.4) is 0 Å². The second kappa shape index (κ2) is 6.03. The molecule has 0 atom stereocenters. The van der Waals surface area contributed by atoms with E-state index < -0.39 is 18.3 Å². The standard InChI is InChI=1S/C15H17F4NO/c1-2-10-3-5-11(6-4-10)9-20(12-7-8-12)14(21)15(18,19)13(16)17/h3-6,12-13H,2,7-9H2,1H3. The SMILES string of the molecule is CCc1ccc(CN(C(=O)C(F)(F)C(F)F)C2CC2)cc1. The van der Waals surface area contributed by atoms with Crippen molar-refractivity contribution in [2.75, 3.05) is 0 Å². The maximum Gasteiger partial charge on any atom is 0.383 e. The van der Waals surface area contributed by atoms with Crippen molar-refractivity contribution >= 4 is 5.91 Å². The fourth-order valence-electron chi connectivity index (χ4n) is 2.11. The fourth-order valence-corrected chi connectivity index (χ4v) is 2.11. The molecular weight excluding hydrogens is 286 g/mol. The Bertz CT molecular complexity index is 497. The molecule has 1 fully saturated rings. The van der Waals surface area contributed by atoms with Gasteiger partial charge in [-0.3, -0.25) is 4.79 Å². The summed E-state index contributed by atoms with van der Waals surface area (Å²) in [5, 5.41) is 0. The number of hydrogen-bond acceptors (Lipinski definition) is 1. The molecule has 116 valence electrons. The Labute approximate surface area is 120 Å². The van der Waals surface area contributed by atoms with Gasteiger partial charge in [0.25, 0.3) is 5.91 Å². The molecule has 0 spiro atoms. The molecule has 0 saturated heterocycles. The Morgan fingerprint density at radius 2 is 1.76 bits per heavy atom. The lowest BCUT2D eigenvalue weighted by atomic mass is 10.1. The van der Waals surface area contributed by atoms with Gasteiger partial charge in [0.1, 0.15) is 0 Å². The van der Waals surface area contributed by atoms with Gasteiger partial charge < -0.3 is 4.90 Å². The summed E-state index contributed by atoms with van der Waals surface area (Å²) in [6.45, 7) is 1.92. The summed E-state index contributed by atoms with van der Waals surface area (Å²) >= 11 is 0. The van der Waals surface area contributed by atoms with Gasteiger partial charge >= 0.3 is 12.3 Å². The Hall–Kier alpha value is -1.59. The Kier molecular flexibility index (Phi) is 4.54. The molecule has 1 saturated carbocycles. The summed E-state index contributed by atoms with van der Waals surface area (Å²) in [6, 6.07) is 6.81. The van der Waals surface area contributed by atoms with Gasteiger partial charge in [0.15, 0.2) is 0 Å². The second-order valence-electron chi connectivity index (χ2n) is 5.26. The topological polar surface area (TPSA) is 20.3 Å². The van der Waals surface area contributed by atoms with Crippen LogP contribution in [0.2, 0.25) is 0 Å².